The molecule has 2 heterocycles. The molecule has 2 N–H and O–H groups in total. The van der Waals surface area contributed by atoms with Crippen molar-refractivity contribution in [3.63, 3.8) is 0 Å². The molecule has 1 saturated heterocycles. The van der Waals surface area contributed by atoms with Gasteiger partial charge in [0, 0.05) is 44.1 Å². The van der Waals surface area contributed by atoms with Crippen molar-refractivity contribution in [2.45, 2.75) is 38.3 Å². The molecule has 2 rings (SSSR count). The number of likely N-dealkylation sites (tertiary alicyclic amines) is 1. The summed E-state index contributed by atoms with van der Waals surface area (Å²) in [5.41, 5.74) is 0.488. The van der Waals surface area contributed by atoms with Gasteiger partial charge in [0.2, 0.25) is 5.95 Å². The van der Waals surface area contributed by atoms with E-state index in [0.717, 1.165) is 44.5 Å². The van der Waals surface area contributed by atoms with Crippen LogP contribution in [0, 0.1) is 0 Å². The normalized spacial score (nSPS) is 23.0. The smallest absolute Gasteiger partial charge is 0.222 e. The Morgan fingerprint density at radius 2 is 2.09 bits per heavy atom. The standard InChI is InChI=1S/C16H29N5O/c1-4-7-17-15-18-9-14(10-19-15)11-21-8-5-6-16(22,13-21)12-20(2)3/h9-10,22H,4-8,11-13H2,1-3H3,(H,17,18,19)/t16-/m0/s1. The molecule has 0 amide bonds. The van der Waals surface area contributed by atoms with Crippen molar-refractivity contribution >= 4 is 5.95 Å². The molecule has 0 aromatic carbocycles. The average Bonchev–Trinajstić information content (AvgIpc) is 2.45. The molecule has 0 unspecified atom stereocenters. The van der Waals surface area contributed by atoms with E-state index in [-0.39, 0.29) is 0 Å². The third-order valence-electron chi connectivity index (χ3n) is 3.89. The summed E-state index contributed by atoms with van der Waals surface area (Å²) < 4.78 is 0. The maximum atomic E-state index is 10.7. The van der Waals surface area contributed by atoms with Crippen LogP contribution in [0.2, 0.25) is 0 Å². The number of nitrogens with zero attached hydrogens (tertiary/aromatic N) is 4. The van der Waals surface area contributed by atoms with Crippen LogP contribution in [0.1, 0.15) is 31.7 Å². The van der Waals surface area contributed by atoms with Crippen LogP contribution in [0.4, 0.5) is 5.95 Å². The monoisotopic (exact) mass is 307 g/mol. The van der Waals surface area contributed by atoms with Crippen LogP contribution >= 0.6 is 0 Å². The van der Waals surface area contributed by atoms with Gasteiger partial charge in [0.15, 0.2) is 0 Å². The van der Waals surface area contributed by atoms with Gasteiger partial charge in [-0.1, -0.05) is 6.92 Å². The van der Waals surface area contributed by atoms with E-state index in [1.54, 1.807) is 0 Å². The molecule has 1 aromatic rings. The lowest BCUT2D eigenvalue weighted by molar-refractivity contribution is -0.0480. The van der Waals surface area contributed by atoms with E-state index < -0.39 is 5.60 Å². The summed E-state index contributed by atoms with van der Waals surface area (Å²) in [6.07, 6.45) is 6.72. The number of anilines is 1. The number of nitrogens with one attached hydrogen (secondary N) is 1. The summed E-state index contributed by atoms with van der Waals surface area (Å²) in [5, 5.41) is 13.9. The molecule has 22 heavy (non-hydrogen) atoms. The van der Waals surface area contributed by atoms with Crippen molar-refractivity contribution in [3.8, 4) is 0 Å². The van der Waals surface area contributed by atoms with Crippen LogP contribution < -0.4 is 5.32 Å². The third-order valence-corrected chi connectivity index (χ3v) is 3.89. The number of β-amino-alcohol motifs (C(OH)–C–C–N with tert-alkyl or cyclic N) is 1. The molecule has 0 bridgehead atoms. The highest BCUT2D eigenvalue weighted by Gasteiger charge is 2.33. The van der Waals surface area contributed by atoms with Gasteiger partial charge in [-0.05, 0) is 39.9 Å². The predicted molar refractivity (Wildman–Crippen MR) is 88.8 cm³/mol. The molecule has 1 fully saturated rings. The van der Waals surface area contributed by atoms with Crippen LogP contribution in [0.3, 0.4) is 0 Å². The second-order valence-electron chi connectivity index (χ2n) is 6.62. The number of hydrogen-bond donors (Lipinski definition) is 2. The van der Waals surface area contributed by atoms with Gasteiger partial charge in [0.1, 0.15) is 0 Å². The van der Waals surface area contributed by atoms with Gasteiger partial charge in [-0.3, -0.25) is 4.90 Å². The Balaban J connectivity index is 1.89. The van der Waals surface area contributed by atoms with E-state index in [9.17, 15) is 5.11 Å². The Morgan fingerprint density at radius 3 is 2.73 bits per heavy atom. The summed E-state index contributed by atoms with van der Waals surface area (Å²) >= 11 is 0. The molecule has 0 saturated carbocycles. The van der Waals surface area contributed by atoms with E-state index >= 15 is 0 Å². The third kappa shape index (κ3) is 5.19. The first-order valence-electron chi connectivity index (χ1n) is 8.15. The van der Waals surface area contributed by atoms with Crippen LogP contribution in [-0.4, -0.2) is 70.7 Å². The summed E-state index contributed by atoms with van der Waals surface area (Å²) in [4.78, 5) is 13.0. The van der Waals surface area contributed by atoms with Gasteiger partial charge in [0.05, 0.1) is 5.60 Å². The second kappa shape index (κ2) is 7.85. The number of hydrogen-bond acceptors (Lipinski definition) is 6. The van der Waals surface area contributed by atoms with Gasteiger partial charge in [-0.15, -0.1) is 0 Å². The molecular formula is C16H29N5O. The zero-order chi connectivity index (χ0) is 16.0. The number of likely N-dealkylation sites (N-methyl/N-ethyl adjacent to an activating group) is 1. The van der Waals surface area contributed by atoms with Gasteiger partial charge in [-0.2, -0.15) is 0 Å². The van der Waals surface area contributed by atoms with Crippen LogP contribution in [0.15, 0.2) is 12.4 Å². The van der Waals surface area contributed by atoms with Crippen molar-refractivity contribution in [3.05, 3.63) is 18.0 Å². The molecule has 1 aromatic heterocycles. The molecule has 0 aliphatic carbocycles. The van der Waals surface area contributed by atoms with E-state index in [4.69, 9.17) is 0 Å². The lowest BCUT2D eigenvalue weighted by Crippen LogP contribution is -2.52. The zero-order valence-corrected chi connectivity index (χ0v) is 14.0. The Kier molecular flexibility index (Phi) is 6.11. The molecule has 0 radical (unpaired) electrons. The van der Waals surface area contributed by atoms with Crippen molar-refractivity contribution in [1.29, 1.82) is 0 Å². The highest BCUT2D eigenvalue weighted by molar-refractivity contribution is 5.24. The van der Waals surface area contributed by atoms with Crippen molar-refractivity contribution < 1.29 is 5.11 Å². The van der Waals surface area contributed by atoms with Crippen molar-refractivity contribution in [2.75, 3.05) is 45.6 Å². The summed E-state index contributed by atoms with van der Waals surface area (Å²) in [5.74, 6) is 0.688. The maximum Gasteiger partial charge on any atom is 0.222 e. The van der Waals surface area contributed by atoms with Gasteiger partial charge in [0.25, 0.3) is 0 Å². The molecule has 0 spiro atoms. The fourth-order valence-electron chi connectivity index (χ4n) is 3.08. The SMILES string of the molecule is CCCNc1ncc(CN2CCC[C@](O)(CN(C)C)C2)cn1. The molecule has 124 valence electrons. The minimum absolute atomic E-state index is 0.606. The largest absolute Gasteiger partial charge is 0.387 e. The van der Waals surface area contributed by atoms with Gasteiger partial charge < -0.3 is 15.3 Å². The number of piperidine rings is 1. The predicted octanol–water partition coefficient (Wildman–Crippen LogP) is 1.19. The Labute approximate surface area is 133 Å². The van der Waals surface area contributed by atoms with E-state index in [1.807, 2.05) is 26.5 Å². The first kappa shape index (κ1) is 17.1. The molecule has 1 aliphatic rings. The summed E-state index contributed by atoms with van der Waals surface area (Å²) in [6.45, 7) is 6.24. The van der Waals surface area contributed by atoms with Crippen LogP contribution in [0.25, 0.3) is 0 Å². The van der Waals surface area contributed by atoms with Gasteiger partial charge >= 0.3 is 0 Å². The van der Waals surface area contributed by atoms with Crippen molar-refractivity contribution in [2.24, 2.45) is 0 Å². The van der Waals surface area contributed by atoms with E-state index in [2.05, 4.69) is 32.0 Å². The molecular weight excluding hydrogens is 278 g/mol. The Morgan fingerprint density at radius 1 is 1.36 bits per heavy atom. The van der Waals surface area contributed by atoms with Crippen molar-refractivity contribution in [1.82, 2.24) is 19.8 Å². The Bertz CT molecular complexity index is 450. The fraction of sp³-hybridized carbons (Fsp3) is 0.750. The molecule has 1 atom stereocenters. The topological polar surface area (TPSA) is 64.5 Å². The second-order valence-corrected chi connectivity index (χ2v) is 6.62. The first-order chi connectivity index (χ1) is 10.5. The van der Waals surface area contributed by atoms with Gasteiger partial charge in [-0.25, -0.2) is 9.97 Å². The van der Waals surface area contributed by atoms with Crippen LogP contribution in [0.5, 0.6) is 0 Å². The summed E-state index contributed by atoms with van der Waals surface area (Å²) in [6, 6.07) is 0. The number of rotatable bonds is 7. The molecule has 6 nitrogen and oxygen atoms in total. The quantitative estimate of drug-likeness (QED) is 0.789. The minimum Gasteiger partial charge on any atom is -0.387 e. The Hall–Kier alpha value is -1.24. The number of aromatic nitrogens is 2. The summed E-state index contributed by atoms with van der Waals surface area (Å²) in [7, 11) is 4.01. The highest BCUT2D eigenvalue weighted by Crippen LogP contribution is 2.23. The lowest BCUT2D eigenvalue weighted by Gasteiger charge is -2.40. The fourth-order valence-corrected chi connectivity index (χ4v) is 3.08. The van der Waals surface area contributed by atoms with Crippen LogP contribution in [-0.2, 0) is 6.54 Å². The van der Waals surface area contributed by atoms with E-state index in [0.29, 0.717) is 19.0 Å². The number of aliphatic hydroxyl groups is 1. The molecule has 1 aliphatic heterocycles. The first-order valence-corrected chi connectivity index (χ1v) is 8.15. The molecule has 6 heteroatoms. The zero-order valence-electron chi connectivity index (χ0n) is 14.0. The van der Waals surface area contributed by atoms with E-state index in [1.165, 1.54) is 0 Å². The lowest BCUT2D eigenvalue weighted by atomic mass is 9.92. The minimum atomic E-state index is -0.606. The highest BCUT2D eigenvalue weighted by atomic mass is 16.3. The maximum absolute atomic E-state index is 10.7. The average molecular weight is 307 g/mol.